The minimum atomic E-state index is -0.996. The van der Waals surface area contributed by atoms with Crippen LogP contribution in [0.2, 0.25) is 0 Å². The predicted octanol–water partition coefficient (Wildman–Crippen LogP) is 3.15. The molecule has 0 aliphatic rings. The van der Waals surface area contributed by atoms with Gasteiger partial charge in [0.1, 0.15) is 30.3 Å². The second kappa shape index (κ2) is 6.61. The summed E-state index contributed by atoms with van der Waals surface area (Å²) in [5.41, 5.74) is 1.12. The number of para-hydroxylation sites is 1. The van der Waals surface area contributed by atoms with Crippen molar-refractivity contribution in [3.63, 3.8) is 0 Å². The number of carboxylic acid groups (broad SMARTS) is 1. The molecule has 0 aromatic heterocycles. The molecule has 4 nitrogen and oxygen atoms in total. The third-order valence-corrected chi connectivity index (χ3v) is 2.72. The Morgan fingerprint density at radius 3 is 2.45 bits per heavy atom. The average molecular weight is 272 g/mol. The third kappa shape index (κ3) is 3.75. The van der Waals surface area contributed by atoms with Gasteiger partial charge in [-0.3, -0.25) is 0 Å². The van der Waals surface area contributed by atoms with Gasteiger partial charge >= 0.3 is 5.97 Å². The molecular formula is C16H16O4. The first-order valence-corrected chi connectivity index (χ1v) is 6.31. The summed E-state index contributed by atoms with van der Waals surface area (Å²) in [5.74, 6) is 0.136. The van der Waals surface area contributed by atoms with Crippen molar-refractivity contribution in [1.82, 2.24) is 0 Å². The van der Waals surface area contributed by atoms with E-state index in [1.165, 1.54) is 0 Å². The smallest absolute Gasteiger partial charge is 0.339 e. The van der Waals surface area contributed by atoms with Crippen LogP contribution in [0.3, 0.4) is 0 Å². The van der Waals surface area contributed by atoms with Crippen molar-refractivity contribution in [3.05, 3.63) is 59.7 Å². The van der Waals surface area contributed by atoms with Gasteiger partial charge in [0.2, 0.25) is 0 Å². The summed E-state index contributed by atoms with van der Waals surface area (Å²) in [6, 6.07) is 14.4. The Kier molecular flexibility index (Phi) is 4.60. The van der Waals surface area contributed by atoms with Crippen LogP contribution < -0.4 is 9.47 Å². The summed E-state index contributed by atoms with van der Waals surface area (Å²) in [7, 11) is 0. The van der Waals surface area contributed by atoms with Gasteiger partial charge in [-0.25, -0.2) is 4.79 Å². The van der Waals surface area contributed by atoms with E-state index in [0.29, 0.717) is 19.0 Å². The van der Waals surface area contributed by atoms with Crippen LogP contribution in [0.1, 0.15) is 15.9 Å². The second-order valence-corrected chi connectivity index (χ2v) is 4.31. The number of aromatic carboxylic acids is 1. The molecule has 2 aromatic carbocycles. The van der Waals surface area contributed by atoms with Crippen molar-refractivity contribution in [2.24, 2.45) is 0 Å². The van der Waals surface area contributed by atoms with Crippen LogP contribution in [0, 0.1) is 6.92 Å². The summed E-state index contributed by atoms with van der Waals surface area (Å²) in [4.78, 5) is 11.1. The summed E-state index contributed by atoms with van der Waals surface area (Å²) in [6.45, 7) is 2.54. The molecule has 4 heteroatoms. The Labute approximate surface area is 117 Å². The van der Waals surface area contributed by atoms with E-state index in [0.717, 1.165) is 11.3 Å². The van der Waals surface area contributed by atoms with Crippen LogP contribution in [0.5, 0.6) is 11.5 Å². The maximum atomic E-state index is 11.1. The molecule has 2 aromatic rings. The molecule has 0 unspecified atom stereocenters. The molecule has 0 aliphatic heterocycles. The molecule has 0 amide bonds. The largest absolute Gasteiger partial charge is 0.490 e. The topological polar surface area (TPSA) is 55.8 Å². The number of carboxylic acids is 1. The summed E-state index contributed by atoms with van der Waals surface area (Å²) >= 11 is 0. The molecular weight excluding hydrogens is 256 g/mol. The summed E-state index contributed by atoms with van der Waals surface area (Å²) in [5, 5.41) is 9.08. The lowest BCUT2D eigenvalue weighted by Gasteiger charge is -2.11. The first-order valence-electron chi connectivity index (χ1n) is 6.31. The van der Waals surface area contributed by atoms with E-state index >= 15 is 0 Å². The summed E-state index contributed by atoms with van der Waals surface area (Å²) in [6.07, 6.45) is 0. The zero-order valence-corrected chi connectivity index (χ0v) is 11.2. The van der Waals surface area contributed by atoms with E-state index in [-0.39, 0.29) is 5.56 Å². The van der Waals surface area contributed by atoms with Gasteiger partial charge in [0.05, 0.1) is 0 Å². The van der Waals surface area contributed by atoms with E-state index in [1.54, 1.807) is 18.2 Å². The number of rotatable bonds is 6. The van der Waals surface area contributed by atoms with Gasteiger partial charge in [0.15, 0.2) is 0 Å². The maximum absolute atomic E-state index is 11.1. The quantitative estimate of drug-likeness (QED) is 0.821. The number of ether oxygens (including phenoxy) is 2. The van der Waals surface area contributed by atoms with Crippen molar-refractivity contribution in [2.75, 3.05) is 13.2 Å². The number of hydrogen-bond acceptors (Lipinski definition) is 3. The number of benzene rings is 2. The zero-order chi connectivity index (χ0) is 14.4. The van der Waals surface area contributed by atoms with Gasteiger partial charge in [-0.2, -0.15) is 0 Å². The Bertz CT molecular complexity index is 578. The third-order valence-electron chi connectivity index (χ3n) is 2.72. The molecule has 2 rings (SSSR count). The monoisotopic (exact) mass is 272 g/mol. The Morgan fingerprint density at radius 2 is 1.75 bits per heavy atom. The van der Waals surface area contributed by atoms with E-state index in [2.05, 4.69) is 0 Å². The Hall–Kier alpha value is -2.49. The molecule has 0 spiro atoms. The first-order chi connectivity index (χ1) is 9.66. The standard InChI is InChI=1S/C16H16O4/c1-12-7-8-14(16(17)18)15(11-12)20-10-9-19-13-5-3-2-4-6-13/h2-8,11H,9-10H2,1H3,(H,17,18). The summed E-state index contributed by atoms with van der Waals surface area (Å²) < 4.78 is 11.0. The molecule has 0 bridgehead atoms. The minimum Gasteiger partial charge on any atom is -0.490 e. The van der Waals surface area contributed by atoms with Crippen LogP contribution in [0.4, 0.5) is 0 Å². The van der Waals surface area contributed by atoms with E-state index in [4.69, 9.17) is 14.6 Å². The second-order valence-electron chi connectivity index (χ2n) is 4.31. The molecule has 0 heterocycles. The van der Waals surface area contributed by atoms with Gasteiger partial charge in [-0.1, -0.05) is 24.3 Å². The molecule has 20 heavy (non-hydrogen) atoms. The Balaban J connectivity index is 1.91. The van der Waals surface area contributed by atoms with E-state index in [1.807, 2.05) is 37.3 Å². The van der Waals surface area contributed by atoms with Gasteiger partial charge < -0.3 is 14.6 Å². The number of hydrogen-bond donors (Lipinski definition) is 1. The molecule has 0 radical (unpaired) electrons. The highest BCUT2D eigenvalue weighted by molar-refractivity contribution is 5.90. The van der Waals surface area contributed by atoms with Crippen molar-refractivity contribution >= 4 is 5.97 Å². The fraction of sp³-hybridized carbons (Fsp3) is 0.188. The predicted molar refractivity (Wildman–Crippen MR) is 75.6 cm³/mol. The van der Waals surface area contributed by atoms with Gasteiger partial charge in [0, 0.05) is 0 Å². The van der Waals surface area contributed by atoms with Gasteiger partial charge in [-0.15, -0.1) is 0 Å². The molecule has 0 aliphatic carbocycles. The molecule has 0 saturated heterocycles. The normalized spacial score (nSPS) is 10.1. The molecule has 0 atom stereocenters. The molecule has 0 saturated carbocycles. The molecule has 104 valence electrons. The SMILES string of the molecule is Cc1ccc(C(=O)O)c(OCCOc2ccccc2)c1. The van der Waals surface area contributed by atoms with Crippen LogP contribution in [-0.2, 0) is 0 Å². The van der Waals surface area contributed by atoms with Gasteiger partial charge in [0.25, 0.3) is 0 Å². The highest BCUT2D eigenvalue weighted by Crippen LogP contribution is 2.20. The highest BCUT2D eigenvalue weighted by atomic mass is 16.5. The van der Waals surface area contributed by atoms with Crippen LogP contribution in [0.15, 0.2) is 48.5 Å². The molecule has 1 N–H and O–H groups in total. The van der Waals surface area contributed by atoms with Crippen LogP contribution in [-0.4, -0.2) is 24.3 Å². The highest BCUT2D eigenvalue weighted by Gasteiger charge is 2.11. The number of aryl methyl sites for hydroxylation is 1. The fourth-order valence-corrected chi connectivity index (χ4v) is 1.75. The lowest BCUT2D eigenvalue weighted by molar-refractivity contribution is 0.0691. The van der Waals surface area contributed by atoms with Crippen molar-refractivity contribution < 1.29 is 19.4 Å². The molecule has 0 fully saturated rings. The van der Waals surface area contributed by atoms with E-state index < -0.39 is 5.97 Å². The first kappa shape index (κ1) is 13.9. The van der Waals surface area contributed by atoms with Crippen molar-refractivity contribution in [1.29, 1.82) is 0 Å². The van der Waals surface area contributed by atoms with Crippen molar-refractivity contribution in [3.8, 4) is 11.5 Å². The van der Waals surface area contributed by atoms with Crippen LogP contribution in [0.25, 0.3) is 0 Å². The number of carbonyl (C=O) groups is 1. The minimum absolute atomic E-state index is 0.162. The van der Waals surface area contributed by atoms with Crippen LogP contribution >= 0.6 is 0 Å². The van der Waals surface area contributed by atoms with E-state index in [9.17, 15) is 4.79 Å². The lowest BCUT2D eigenvalue weighted by atomic mass is 10.1. The lowest BCUT2D eigenvalue weighted by Crippen LogP contribution is -2.11. The Morgan fingerprint density at radius 1 is 1.05 bits per heavy atom. The average Bonchev–Trinajstić information content (AvgIpc) is 2.44. The van der Waals surface area contributed by atoms with Crippen molar-refractivity contribution in [2.45, 2.75) is 6.92 Å². The maximum Gasteiger partial charge on any atom is 0.339 e. The fourth-order valence-electron chi connectivity index (χ4n) is 1.75. The van der Waals surface area contributed by atoms with Gasteiger partial charge in [-0.05, 0) is 36.8 Å². The zero-order valence-electron chi connectivity index (χ0n) is 11.2.